The number of rotatable bonds is 9. The number of amides is 1. The third-order valence-corrected chi connectivity index (χ3v) is 5.96. The highest BCUT2D eigenvalue weighted by atomic mass is 35.5. The number of methoxy groups -OCH3 is 1. The summed E-state index contributed by atoms with van der Waals surface area (Å²) in [6, 6.07) is 6.80. The Hall–Kier alpha value is -2.81. The van der Waals surface area contributed by atoms with Crippen molar-refractivity contribution in [1.82, 2.24) is 10.2 Å². The van der Waals surface area contributed by atoms with Crippen molar-refractivity contribution in [3.05, 3.63) is 58.8 Å². The Balaban J connectivity index is 0.000000379. The Morgan fingerprint density at radius 1 is 1.34 bits per heavy atom. The fraction of sp³-hybridized carbons (Fsp3) is 0.423. The van der Waals surface area contributed by atoms with Gasteiger partial charge in [0.25, 0.3) is 5.91 Å². The van der Waals surface area contributed by atoms with Gasteiger partial charge in [-0.15, -0.1) is 0 Å². The van der Waals surface area contributed by atoms with Crippen LogP contribution >= 0.6 is 11.6 Å². The first-order valence-corrected chi connectivity index (χ1v) is 11.7. The van der Waals surface area contributed by atoms with Gasteiger partial charge in [-0.3, -0.25) is 14.5 Å². The van der Waals surface area contributed by atoms with E-state index in [1.807, 2.05) is 13.8 Å². The van der Waals surface area contributed by atoms with E-state index in [2.05, 4.69) is 33.8 Å². The van der Waals surface area contributed by atoms with Gasteiger partial charge in [-0.05, 0) is 57.5 Å². The minimum atomic E-state index is -0.186. The van der Waals surface area contributed by atoms with E-state index < -0.39 is 0 Å². The predicted molar refractivity (Wildman–Crippen MR) is 140 cm³/mol. The van der Waals surface area contributed by atoms with E-state index in [0.717, 1.165) is 37.1 Å². The first kappa shape index (κ1) is 30.2. The van der Waals surface area contributed by atoms with Crippen molar-refractivity contribution in [2.45, 2.75) is 45.8 Å². The van der Waals surface area contributed by atoms with Gasteiger partial charge in [-0.2, -0.15) is 0 Å². The number of allylic oxidation sites excluding steroid dienone is 2. The highest BCUT2D eigenvalue weighted by molar-refractivity contribution is 6.40. The number of aldehydes is 1. The second-order valence-corrected chi connectivity index (χ2v) is 8.50. The number of benzene rings is 1. The third-order valence-electron chi connectivity index (χ3n) is 5.55. The van der Waals surface area contributed by atoms with Crippen LogP contribution < -0.4 is 5.32 Å². The fourth-order valence-corrected chi connectivity index (χ4v) is 3.42. The van der Waals surface area contributed by atoms with Gasteiger partial charge < -0.3 is 15.0 Å². The van der Waals surface area contributed by atoms with Gasteiger partial charge >= 0.3 is 0 Å². The van der Waals surface area contributed by atoms with Crippen LogP contribution in [0.2, 0.25) is 0 Å². The van der Waals surface area contributed by atoms with Crippen molar-refractivity contribution >= 4 is 41.3 Å². The van der Waals surface area contributed by atoms with E-state index in [4.69, 9.17) is 16.3 Å². The van der Waals surface area contributed by atoms with Crippen LogP contribution in [0.3, 0.4) is 0 Å². The molecule has 1 fully saturated rings. The number of nitrogens with one attached hydrogen (secondary N) is 1. The number of aliphatic imine (C=N–C) groups is 1. The van der Waals surface area contributed by atoms with Crippen LogP contribution in [0.1, 0.15) is 44.7 Å². The molecule has 1 heterocycles. The minimum Gasteiger partial charge on any atom is -0.378 e. The number of piperidine rings is 1. The molecule has 1 aromatic carbocycles. The van der Waals surface area contributed by atoms with Gasteiger partial charge in [0, 0.05) is 23.7 Å². The van der Waals surface area contributed by atoms with E-state index >= 15 is 0 Å². The Labute approximate surface area is 212 Å². The molecule has 1 aliphatic rings. The number of carbonyl (C=O) groups is 2. The maximum atomic E-state index is 12.2. The number of hydrogen-bond acceptors (Lipinski definition) is 6. The van der Waals surface area contributed by atoms with E-state index in [0.29, 0.717) is 22.7 Å². The molecule has 1 aromatic rings. The Kier molecular flexibility index (Phi) is 13.8. The van der Waals surface area contributed by atoms with Crippen LogP contribution in [0.15, 0.2) is 52.6 Å². The SMILES string of the molecule is C=C(OF)c1ccc(/C=C/C=O)cc1.CC/C(C)=C(Cl)/N=C(\C)C(=O)N[C@@H]1CCN(C)C[C@@H]1OC. The van der Waals surface area contributed by atoms with E-state index in [9.17, 15) is 14.1 Å². The molecule has 7 nitrogen and oxygen atoms in total. The summed E-state index contributed by atoms with van der Waals surface area (Å²) in [5.41, 5.74) is 2.77. The molecule has 9 heteroatoms. The number of hydrogen-bond donors (Lipinski definition) is 1. The summed E-state index contributed by atoms with van der Waals surface area (Å²) in [4.78, 5) is 32.1. The zero-order valence-corrected chi connectivity index (χ0v) is 21.8. The molecular weight excluding hydrogens is 473 g/mol. The second kappa shape index (κ2) is 16.0. The van der Waals surface area contributed by atoms with Gasteiger partial charge in [0.1, 0.15) is 17.2 Å². The highest BCUT2D eigenvalue weighted by Gasteiger charge is 2.29. The summed E-state index contributed by atoms with van der Waals surface area (Å²) in [5, 5.41) is 3.40. The molecule has 0 aromatic heterocycles. The van der Waals surface area contributed by atoms with Crippen LogP contribution in [-0.2, 0) is 19.3 Å². The lowest BCUT2D eigenvalue weighted by Crippen LogP contribution is -2.54. The van der Waals surface area contributed by atoms with Crippen LogP contribution in [-0.4, -0.2) is 62.2 Å². The molecule has 1 amide bonds. The monoisotopic (exact) mass is 507 g/mol. The number of likely N-dealkylation sites (N-methyl/N-ethyl adjacent to an activating group) is 1. The van der Waals surface area contributed by atoms with E-state index in [-0.39, 0.29) is 23.8 Å². The molecule has 1 N–H and O–H groups in total. The molecule has 0 radical (unpaired) electrons. The standard InChI is InChI=1S/C15H26ClN3O2.C11H9FO2/c1-6-10(2)14(16)17-11(3)15(20)18-12-7-8-19(4)9-13(12)21-5;1-9(14-12)11-6-4-10(5-7-11)3-2-8-13/h12-13H,6-9H2,1-5H3,(H,18,20);2-8H,1H2/b14-10+,17-11+;3-2+/t12-,13+;/m1./s1. The summed E-state index contributed by atoms with van der Waals surface area (Å²) >= 11 is 6.07. The summed E-state index contributed by atoms with van der Waals surface area (Å²) in [7, 11) is 3.73. The molecule has 0 aliphatic carbocycles. The first-order chi connectivity index (χ1) is 16.7. The number of ether oxygens (including phenoxy) is 1. The lowest BCUT2D eigenvalue weighted by atomic mass is 10.0. The smallest absolute Gasteiger partial charge is 0.265 e. The third kappa shape index (κ3) is 10.5. The van der Waals surface area contributed by atoms with E-state index in [1.54, 1.807) is 44.4 Å². The summed E-state index contributed by atoms with van der Waals surface area (Å²) < 4.78 is 17.2. The van der Waals surface area contributed by atoms with Gasteiger partial charge in [0.2, 0.25) is 0 Å². The maximum absolute atomic E-state index is 12.2. The Morgan fingerprint density at radius 3 is 2.54 bits per heavy atom. The average molecular weight is 508 g/mol. The van der Waals surface area contributed by atoms with Gasteiger partial charge in [-0.1, -0.05) is 55.4 Å². The predicted octanol–water partition coefficient (Wildman–Crippen LogP) is 4.93. The van der Waals surface area contributed by atoms with Gasteiger partial charge in [0.15, 0.2) is 5.76 Å². The molecule has 2 rings (SSSR count). The zero-order valence-electron chi connectivity index (χ0n) is 21.0. The van der Waals surface area contributed by atoms with Crippen molar-refractivity contribution in [2.75, 3.05) is 27.2 Å². The highest BCUT2D eigenvalue weighted by Crippen LogP contribution is 2.16. The lowest BCUT2D eigenvalue weighted by Gasteiger charge is -2.36. The van der Waals surface area contributed by atoms with Crippen molar-refractivity contribution in [3.63, 3.8) is 0 Å². The van der Waals surface area contributed by atoms with Crippen LogP contribution in [0.4, 0.5) is 4.53 Å². The molecule has 0 unspecified atom stereocenters. The molecule has 192 valence electrons. The van der Waals surface area contributed by atoms with Crippen molar-refractivity contribution in [1.29, 1.82) is 0 Å². The van der Waals surface area contributed by atoms with Crippen LogP contribution in [0, 0.1) is 0 Å². The molecule has 0 spiro atoms. The summed E-state index contributed by atoms with van der Waals surface area (Å²) in [6.45, 7) is 10.7. The largest absolute Gasteiger partial charge is 0.378 e. The molecular formula is C26H35ClFN3O4. The van der Waals surface area contributed by atoms with Crippen molar-refractivity contribution in [3.8, 4) is 0 Å². The fourth-order valence-electron chi connectivity index (χ4n) is 3.16. The quantitative estimate of drug-likeness (QED) is 0.168. The Bertz CT molecular complexity index is 944. The minimum absolute atomic E-state index is 0.00360. The summed E-state index contributed by atoms with van der Waals surface area (Å²) in [6.07, 6.45) is 5.41. The number of halogens is 2. The molecule has 0 saturated carbocycles. The normalized spacial score (nSPS) is 19.3. The van der Waals surface area contributed by atoms with Crippen LogP contribution in [0.25, 0.3) is 11.8 Å². The van der Waals surface area contributed by atoms with Crippen molar-refractivity contribution in [2.24, 2.45) is 4.99 Å². The average Bonchev–Trinajstić information content (AvgIpc) is 2.87. The second-order valence-electron chi connectivity index (χ2n) is 8.14. The topological polar surface area (TPSA) is 80.2 Å². The number of nitrogens with zero attached hydrogens (tertiary/aromatic N) is 2. The number of likely N-dealkylation sites (tertiary alicyclic amines) is 1. The lowest BCUT2D eigenvalue weighted by molar-refractivity contribution is -0.117. The first-order valence-electron chi connectivity index (χ1n) is 11.3. The summed E-state index contributed by atoms with van der Waals surface area (Å²) in [5.74, 6) is -0.218. The zero-order chi connectivity index (χ0) is 26.4. The van der Waals surface area contributed by atoms with E-state index in [1.165, 1.54) is 6.08 Å². The number of carbonyl (C=O) groups excluding carboxylic acids is 2. The van der Waals surface area contributed by atoms with Gasteiger partial charge in [-0.25, -0.2) is 4.99 Å². The van der Waals surface area contributed by atoms with Gasteiger partial charge in [0.05, 0.1) is 12.1 Å². The Morgan fingerprint density at radius 2 is 2.00 bits per heavy atom. The maximum Gasteiger partial charge on any atom is 0.265 e. The molecule has 1 saturated heterocycles. The molecule has 35 heavy (non-hydrogen) atoms. The van der Waals surface area contributed by atoms with Crippen LogP contribution in [0.5, 0.6) is 0 Å². The molecule has 0 bridgehead atoms. The molecule has 1 aliphatic heterocycles. The molecule has 2 atom stereocenters. The van der Waals surface area contributed by atoms with Crippen molar-refractivity contribution < 1.29 is 23.8 Å².